The number of halogens is 3. The van der Waals surface area contributed by atoms with E-state index >= 15 is 0 Å². The van der Waals surface area contributed by atoms with Crippen LogP contribution in [0.15, 0.2) is 71.8 Å². The fourth-order valence-electron chi connectivity index (χ4n) is 2.67. The van der Waals surface area contributed by atoms with Crippen molar-refractivity contribution in [3.63, 3.8) is 0 Å². The van der Waals surface area contributed by atoms with Crippen LogP contribution in [0.1, 0.15) is 23.1 Å². The van der Waals surface area contributed by atoms with E-state index in [0.717, 1.165) is 29.6 Å². The lowest BCUT2D eigenvalue weighted by Gasteiger charge is -2.11. The molecule has 0 heterocycles. The second-order valence-corrected chi connectivity index (χ2v) is 9.27. The van der Waals surface area contributed by atoms with Gasteiger partial charge in [0.05, 0.1) is 13.4 Å². The number of benzene rings is 3. The average Bonchev–Trinajstić information content (AvgIpc) is 2.74. The summed E-state index contributed by atoms with van der Waals surface area (Å²) >= 11 is 10.4. The van der Waals surface area contributed by atoms with E-state index in [4.69, 9.17) is 16.3 Å². The predicted octanol–water partition coefficient (Wildman–Crippen LogP) is 6.21. The van der Waals surface area contributed by atoms with Crippen molar-refractivity contribution in [3.8, 4) is 5.75 Å². The van der Waals surface area contributed by atoms with Crippen LogP contribution in [0, 0.1) is 7.14 Å². The fraction of sp³-hybridized carbons (Fsp3) is 0.130. The summed E-state index contributed by atoms with van der Waals surface area (Å²) in [4.78, 5) is 12.0. The highest BCUT2D eigenvalue weighted by Gasteiger charge is 2.09. The van der Waals surface area contributed by atoms with E-state index in [1.165, 1.54) is 0 Å². The third-order valence-corrected chi connectivity index (χ3v) is 6.06. The Morgan fingerprint density at radius 3 is 2.33 bits per heavy atom. The minimum absolute atomic E-state index is 0.109. The van der Waals surface area contributed by atoms with Crippen molar-refractivity contribution in [1.82, 2.24) is 5.43 Å². The molecule has 0 radical (unpaired) electrons. The zero-order valence-electron chi connectivity index (χ0n) is 15.9. The second-order valence-electron chi connectivity index (χ2n) is 6.51. The van der Waals surface area contributed by atoms with Crippen molar-refractivity contribution in [3.05, 3.63) is 95.6 Å². The lowest BCUT2D eigenvalue weighted by molar-refractivity contribution is -0.121. The van der Waals surface area contributed by atoms with Crippen molar-refractivity contribution in [2.24, 2.45) is 5.10 Å². The zero-order valence-corrected chi connectivity index (χ0v) is 21.0. The van der Waals surface area contributed by atoms with Crippen LogP contribution in [0.4, 0.5) is 0 Å². The Morgan fingerprint density at radius 2 is 1.67 bits per heavy atom. The number of nitrogens with one attached hydrogen (secondary N) is 1. The standard InChI is InChI=1S/C23H19ClI2N2O2/c24-19-9-6-17(7-10-19)15-30-23-20(25)12-18(13-21(23)26)14-27-28-22(29)11-8-16-4-2-1-3-5-16/h1-7,9-10,12-14H,8,11,15H2,(H,28,29)/b27-14-. The molecule has 3 aromatic carbocycles. The van der Waals surface area contributed by atoms with E-state index in [2.05, 4.69) is 55.7 Å². The van der Waals surface area contributed by atoms with E-state index in [1.54, 1.807) is 6.21 Å². The van der Waals surface area contributed by atoms with Crippen LogP contribution in [0.5, 0.6) is 5.75 Å². The van der Waals surface area contributed by atoms with Gasteiger partial charge in [-0.3, -0.25) is 4.79 Å². The molecule has 1 N–H and O–H groups in total. The van der Waals surface area contributed by atoms with Gasteiger partial charge in [0, 0.05) is 11.4 Å². The Bertz CT molecular complexity index is 1000. The van der Waals surface area contributed by atoms with E-state index < -0.39 is 0 Å². The van der Waals surface area contributed by atoms with Crippen LogP contribution in [-0.2, 0) is 17.8 Å². The maximum Gasteiger partial charge on any atom is 0.240 e. The highest BCUT2D eigenvalue weighted by Crippen LogP contribution is 2.29. The number of aryl methyl sites for hydroxylation is 1. The molecule has 7 heteroatoms. The molecule has 4 nitrogen and oxygen atoms in total. The summed E-state index contributed by atoms with van der Waals surface area (Å²) < 4.78 is 7.95. The molecule has 0 aliphatic rings. The molecule has 154 valence electrons. The number of rotatable bonds is 8. The Morgan fingerprint density at radius 1 is 1.00 bits per heavy atom. The quantitative estimate of drug-likeness (QED) is 0.180. The van der Waals surface area contributed by atoms with Crippen LogP contribution in [0.25, 0.3) is 0 Å². The van der Waals surface area contributed by atoms with Crippen molar-refractivity contribution in [2.75, 3.05) is 0 Å². The lowest BCUT2D eigenvalue weighted by atomic mass is 10.1. The van der Waals surface area contributed by atoms with Crippen LogP contribution in [0.3, 0.4) is 0 Å². The first-order valence-corrected chi connectivity index (χ1v) is 11.8. The van der Waals surface area contributed by atoms with Gasteiger partial charge in [-0.15, -0.1) is 0 Å². The normalized spacial score (nSPS) is 10.9. The molecule has 0 unspecified atom stereocenters. The van der Waals surface area contributed by atoms with Crippen LogP contribution in [0.2, 0.25) is 5.02 Å². The Labute approximate surface area is 208 Å². The summed E-state index contributed by atoms with van der Waals surface area (Å²) in [5.74, 6) is 0.720. The van der Waals surface area contributed by atoms with Gasteiger partial charge in [0.2, 0.25) is 5.91 Å². The molecule has 0 aromatic heterocycles. The zero-order chi connectivity index (χ0) is 21.3. The summed E-state index contributed by atoms with van der Waals surface area (Å²) in [5.41, 5.74) is 5.67. The van der Waals surface area contributed by atoms with E-state index in [1.807, 2.05) is 66.7 Å². The van der Waals surface area contributed by atoms with Crippen LogP contribution >= 0.6 is 56.8 Å². The Balaban J connectivity index is 1.53. The maximum absolute atomic E-state index is 12.0. The average molecular weight is 645 g/mol. The van der Waals surface area contributed by atoms with Gasteiger partial charge in [-0.1, -0.05) is 54.1 Å². The summed E-state index contributed by atoms with van der Waals surface area (Å²) in [5, 5.41) is 4.79. The summed E-state index contributed by atoms with van der Waals surface area (Å²) in [6.45, 7) is 0.466. The number of hydrogen-bond acceptors (Lipinski definition) is 3. The van der Waals surface area contributed by atoms with Gasteiger partial charge in [-0.25, -0.2) is 5.43 Å². The molecule has 0 spiro atoms. The van der Waals surface area contributed by atoms with Crippen LogP contribution < -0.4 is 10.2 Å². The van der Waals surface area contributed by atoms with Crippen molar-refractivity contribution in [1.29, 1.82) is 0 Å². The maximum atomic E-state index is 12.0. The number of hydrogen-bond donors (Lipinski definition) is 1. The topological polar surface area (TPSA) is 50.7 Å². The first kappa shape index (κ1) is 23.0. The molecule has 0 aliphatic heterocycles. The minimum Gasteiger partial charge on any atom is -0.487 e. The first-order valence-electron chi connectivity index (χ1n) is 9.23. The van der Waals surface area contributed by atoms with Gasteiger partial charge >= 0.3 is 0 Å². The van der Waals surface area contributed by atoms with Gasteiger partial charge in [0.15, 0.2) is 0 Å². The minimum atomic E-state index is -0.109. The van der Waals surface area contributed by atoms with Gasteiger partial charge in [0.25, 0.3) is 0 Å². The molecular formula is C23H19ClI2N2O2. The largest absolute Gasteiger partial charge is 0.487 e. The molecule has 30 heavy (non-hydrogen) atoms. The summed E-state index contributed by atoms with van der Waals surface area (Å²) in [6, 6.07) is 21.5. The summed E-state index contributed by atoms with van der Waals surface area (Å²) in [6.07, 6.45) is 2.74. The van der Waals surface area contributed by atoms with Crippen LogP contribution in [-0.4, -0.2) is 12.1 Å². The molecule has 1 amide bonds. The fourth-order valence-corrected chi connectivity index (χ4v) is 4.92. The predicted molar refractivity (Wildman–Crippen MR) is 138 cm³/mol. The third kappa shape index (κ3) is 7.24. The Hall–Kier alpha value is -1.65. The number of carbonyl (C=O) groups excluding carboxylic acids is 1. The van der Waals surface area contributed by atoms with Gasteiger partial charge in [0.1, 0.15) is 12.4 Å². The molecule has 0 aliphatic carbocycles. The third-order valence-electron chi connectivity index (χ3n) is 4.20. The monoisotopic (exact) mass is 644 g/mol. The van der Waals surface area contributed by atoms with E-state index in [0.29, 0.717) is 24.5 Å². The molecular weight excluding hydrogens is 626 g/mol. The second kappa shape index (κ2) is 11.7. The molecule has 0 bridgehead atoms. The van der Waals surface area contributed by atoms with Gasteiger partial charge < -0.3 is 4.74 Å². The highest BCUT2D eigenvalue weighted by molar-refractivity contribution is 14.1. The SMILES string of the molecule is O=C(CCc1ccccc1)N/N=C\c1cc(I)c(OCc2ccc(Cl)cc2)c(I)c1. The van der Waals surface area contributed by atoms with E-state index in [9.17, 15) is 4.79 Å². The molecule has 0 saturated heterocycles. The van der Waals surface area contributed by atoms with Gasteiger partial charge in [-0.2, -0.15) is 5.10 Å². The smallest absolute Gasteiger partial charge is 0.240 e. The first-order chi connectivity index (χ1) is 14.5. The molecule has 0 fully saturated rings. The van der Waals surface area contributed by atoms with E-state index in [-0.39, 0.29) is 5.91 Å². The molecule has 0 saturated carbocycles. The highest BCUT2D eigenvalue weighted by atomic mass is 127. The van der Waals surface area contributed by atoms with Crippen molar-refractivity contribution in [2.45, 2.75) is 19.4 Å². The molecule has 3 aromatic rings. The van der Waals surface area contributed by atoms with Gasteiger partial charge in [-0.05, 0) is 92.6 Å². The number of carbonyl (C=O) groups is 1. The van der Waals surface area contributed by atoms with Crippen molar-refractivity contribution < 1.29 is 9.53 Å². The number of nitrogens with zero attached hydrogens (tertiary/aromatic N) is 1. The van der Waals surface area contributed by atoms with Crippen molar-refractivity contribution >= 4 is 68.9 Å². The number of amides is 1. The summed E-state index contributed by atoms with van der Waals surface area (Å²) in [7, 11) is 0. The molecule has 0 atom stereocenters. The Kier molecular flexibility index (Phi) is 8.95. The number of hydrazone groups is 1. The lowest BCUT2D eigenvalue weighted by Crippen LogP contribution is -2.17. The number of ether oxygens (including phenoxy) is 1. The molecule has 3 rings (SSSR count).